The predicted octanol–water partition coefficient (Wildman–Crippen LogP) is 2.79. The maximum absolute atomic E-state index is 12.9. The number of benzene rings is 1. The second kappa shape index (κ2) is 7.31. The lowest BCUT2D eigenvalue weighted by molar-refractivity contribution is -0.136. The third-order valence-corrected chi connectivity index (χ3v) is 5.64. The van der Waals surface area contributed by atoms with Gasteiger partial charge >= 0.3 is 0 Å². The number of anilines is 1. The number of halogens is 1. The van der Waals surface area contributed by atoms with Crippen LogP contribution in [-0.2, 0) is 9.59 Å². The number of nitrogens with zero attached hydrogens (tertiary/aromatic N) is 4. The van der Waals surface area contributed by atoms with Crippen molar-refractivity contribution in [3.05, 3.63) is 41.0 Å². The summed E-state index contributed by atoms with van der Waals surface area (Å²) >= 11 is 6.21. The lowest BCUT2D eigenvalue weighted by Crippen LogP contribution is -2.42. The average molecular weight is 389 g/mol. The second-order valence-electron chi connectivity index (χ2n) is 7.14. The Morgan fingerprint density at radius 1 is 1.26 bits per heavy atom. The number of hydrogen-bond donors (Lipinski definition) is 0. The Balaban J connectivity index is 1.38. The van der Waals surface area contributed by atoms with Gasteiger partial charge in [-0.1, -0.05) is 28.9 Å². The molecule has 4 rings (SSSR count). The minimum atomic E-state index is -0.323. The molecule has 2 fully saturated rings. The Morgan fingerprint density at radius 3 is 2.67 bits per heavy atom. The molecule has 2 aliphatic heterocycles. The first kappa shape index (κ1) is 18.0. The molecule has 1 aromatic heterocycles. The molecule has 1 atom stereocenters. The van der Waals surface area contributed by atoms with E-state index in [1.807, 2.05) is 23.1 Å². The minimum Gasteiger partial charge on any atom is -0.342 e. The maximum Gasteiger partial charge on any atom is 0.229 e. The topological polar surface area (TPSA) is 79.5 Å². The van der Waals surface area contributed by atoms with E-state index in [0.717, 1.165) is 12.8 Å². The van der Waals surface area contributed by atoms with Crippen molar-refractivity contribution in [2.75, 3.05) is 24.5 Å². The molecule has 0 aliphatic carbocycles. The third-order valence-electron chi connectivity index (χ3n) is 5.32. The summed E-state index contributed by atoms with van der Waals surface area (Å²) in [5.74, 6) is 1.14. The van der Waals surface area contributed by atoms with Gasteiger partial charge in [-0.05, 0) is 31.9 Å². The number of amides is 2. The highest BCUT2D eigenvalue weighted by Gasteiger charge is 2.39. The quantitative estimate of drug-likeness (QED) is 0.807. The average Bonchev–Trinajstić information content (AvgIpc) is 3.28. The Hall–Kier alpha value is -2.41. The van der Waals surface area contributed by atoms with Crippen LogP contribution in [0.15, 0.2) is 28.8 Å². The fourth-order valence-electron chi connectivity index (χ4n) is 3.86. The van der Waals surface area contributed by atoms with Crippen LogP contribution in [0.25, 0.3) is 0 Å². The summed E-state index contributed by atoms with van der Waals surface area (Å²) in [6, 6.07) is 7.23. The van der Waals surface area contributed by atoms with Crippen LogP contribution < -0.4 is 4.90 Å². The van der Waals surface area contributed by atoms with E-state index in [1.54, 1.807) is 17.9 Å². The summed E-state index contributed by atoms with van der Waals surface area (Å²) in [4.78, 5) is 33.1. The van der Waals surface area contributed by atoms with E-state index >= 15 is 0 Å². The van der Waals surface area contributed by atoms with Crippen LogP contribution in [0, 0.1) is 12.8 Å². The van der Waals surface area contributed by atoms with Gasteiger partial charge in [0.2, 0.25) is 17.7 Å². The number of carbonyl (C=O) groups excluding carboxylic acids is 2. The number of likely N-dealkylation sites (tertiary alicyclic amines) is 1. The van der Waals surface area contributed by atoms with Gasteiger partial charge in [0.1, 0.15) is 0 Å². The summed E-state index contributed by atoms with van der Waals surface area (Å²) in [5, 5.41) is 4.36. The van der Waals surface area contributed by atoms with Crippen molar-refractivity contribution in [1.82, 2.24) is 15.0 Å². The van der Waals surface area contributed by atoms with Crippen LogP contribution in [0.5, 0.6) is 0 Å². The van der Waals surface area contributed by atoms with Gasteiger partial charge in [-0.3, -0.25) is 9.59 Å². The number of aryl methyl sites for hydroxylation is 1. The molecule has 2 amide bonds. The maximum atomic E-state index is 12.9. The zero-order valence-electron chi connectivity index (χ0n) is 15.1. The summed E-state index contributed by atoms with van der Waals surface area (Å²) in [5.41, 5.74) is 0.671. The van der Waals surface area contributed by atoms with Crippen LogP contribution in [0.4, 0.5) is 5.69 Å². The SMILES string of the molecule is Cc1noc(C2CCN(C(=O)C3CC(=O)N(c4ccccc4Cl)C3)CC2)n1. The van der Waals surface area contributed by atoms with Gasteiger partial charge in [-0.15, -0.1) is 0 Å². The van der Waals surface area contributed by atoms with Gasteiger partial charge in [0, 0.05) is 32.0 Å². The number of carbonyl (C=O) groups is 2. The van der Waals surface area contributed by atoms with E-state index in [2.05, 4.69) is 10.1 Å². The zero-order chi connectivity index (χ0) is 19.0. The molecule has 0 N–H and O–H groups in total. The van der Waals surface area contributed by atoms with E-state index in [-0.39, 0.29) is 30.1 Å². The Kier molecular flexibility index (Phi) is 4.86. The first-order valence-corrected chi connectivity index (χ1v) is 9.54. The number of piperidine rings is 1. The van der Waals surface area contributed by atoms with Crippen LogP contribution >= 0.6 is 11.6 Å². The number of aromatic nitrogens is 2. The van der Waals surface area contributed by atoms with E-state index in [9.17, 15) is 9.59 Å². The Labute approximate surface area is 162 Å². The lowest BCUT2D eigenvalue weighted by Gasteiger charge is -2.32. The van der Waals surface area contributed by atoms with Gasteiger partial charge in [-0.25, -0.2) is 0 Å². The van der Waals surface area contributed by atoms with Crippen LogP contribution in [-0.4, -0.2) is 46.5 Å². The molecule has 1 unspecified atom stereocenters. The number of rotatable bonds is 3. The molecule has 3 heterocycles. The van der Waals surface area contributed by atoms with Gasteiger partial charge in [-0.2, -0.15) is 4.98 Å². The molecule has 2 saturated heterocycles. The highest BCUT2D eigenvalue weighted by molar-refractivity contribution is 6.33. The molecule has 0 spiro atoms. The highest BCUT2D eigenvalue weighted by Crippen LogP contribution is 2.33. The summed E-state index contributed by atoms with van der Waals surface area (Å²) in [7, 11) is 0. The van der Waals surface area contributed by atoms with Gasteiger partial charge in [0.25, 0.3) is 0 Å². The van der Waals surface area contributed by atoms with Crippen molar-refractivity contribution >= 4 is 29.1 Å². The smallest absolute Gasteiger partial charge is 0.229 e. The molecule has 2 aromatic rings. The van der Waals surface area contributed by atoms with Gasteiger partial charge < -0.3 is 14.3 Å². The van der Waals surface area contributed by atoms with Crippen molar-refractivity contribution in [2.45, 2.75) is 32.1 Å². The molecule has 142 valence electrons. The first-order valence-electron chi connectivity index (χ1n) is 9.17. The monoisotopic (exact) mass is 388 g/mol. The molecule has 2 aliphatic rings. The summed E-state index contributed by atoms with van der Waals surface area (Å²) in [6.07, 6.45) is 1.82. The van der Waals surface area contributed by atoms with Crippen LogP contribution in [0.2, 0.25) is 5.02 Å². The van der Waals surface area contributed by atoms with Gasteiger partial charge in [0.15, 0.2) is 5.82 Å². The Bertz CT molecular complexity index is 860. The molecule has 0 bridgehead atoms. The summed E-state index contributed by atoms with van der Waals surface area (Å²) < 4.78 is 5.26. The molecule has 1 aromatic carbocycles. The molecule has 8 heteroatoms. The second-order valence-corrected chi connectivity index (χ2v) is 7.54. The highest BCUT2D eigenvalue weighted by atomic mass is 35.5. The number of hydrogen-bond acceptors (Lipinski definition) is 5. The van der Waals surface area contributed by atoms with Crippen molar-refractivity contribution in [3.8, 4) is 0 Å². The molecular formula is C19H21ClN4O3. The van der Waals surface area contributed by atoms with E-state index in [0.29, 0.717) is 42.1 Å². The molecular weight excluding hydrogens is 368 g/mol. The largest absolute Gasteiger partial charge is 0.342 e. The molecule has 27 heavy (non-hydrogen) atoms. The van der Waals surface area contributed by atoms with Crippen molar-refractivity contribution < 1.29 is 14.1 Å². The molecule has 0 saturated carbocycles. The molecule has 7 nitrogen and oxygen atoms in total. The standard InChI is InChI=1S/C19H21ClN4O3/c1-12-21-18(27-22-12)13-6-8-23(9-7-13)19(26)14-10-17(25)24(11-14)16-5-3-2-4-15(16)20/h2-5,13-14H,6-11H2,1H3. The first-order chi connectivity index (χ1) is 13.0. The number of para-hydroxylation sites is 1. The fraction of sp³-hybridized carbons (Fsp3) is 0.474. The van der Waals surface area contributed by atoms with Crippen LogP contribution in [0.3, 0.4) is 0 Å². The van der Waals surface area contributed by atoms with E-state index < -0.39 is 0 Å². The Morgan fingerprint density at radius 2 is 2.00 bits per heavy atom. The summed E-state index contributed by atoms with van der Waals surface area (Å²) in [6.45, 7) is 3.46. The van der Waals surface area contributed by atoms with Crippen LogP contribution in [0.1, 0.15) is 36.9 Å². The van der Waals surface area contributed by atoms with E-state index in [4.69, 9.17) is 16.1 Å². The van der Waals surface area contributed by atoms with Crippen molar-refractivity contribution in [2.24, 2.45) is 5.92 Å². The van der Waals surface area contributed by atoms with Crippen molar-refractivity contribution in [1.29, 1.82) is 0 Å². The third kappa shape index (κ3) is 3.56. The zero-order valence-corrected chi connectivity index (χ0v) is 15.9. The van der Waals surface area contributed by atoms with Crippen molar-refractivity contribution in [3.63, 3.8) is 0 Å². The van der Waals surface area contributed by atoms with Gasteiger partial charge in [0.05, 0.1) is 16.6 Å². The fourth-order valence-corrected chi connectivity index (χ4v) is 4.10. The predicted molar refractivity (Wildman–Crippen MR) is 99.5 cm³/mol. The lowest BCUT2D eigenvalue weighted by atomic mass is 9.95. The normalized spacial score (nSPS) is 21.1. The van der Waals surface area contributed by atoms with E-state index in [1.165, 1.54) is 0 Å². The molecule has 0 radical (unpaired) electrons. The minimum absolute atomic E-state index is 0.0399.